The van der Waals surface area contributed by atoms with Gasteiger partial charge in [-0.3, -0.25) is 0 Å². The molecule has 1 aromatic heterocycles. The predicted molar refractivity (Wildman–Crippen MR) is 72.5 cm³/mol. The van der Waals surface area contributed by atoms with E-state index < -0.39 is 5.97 Å². The van der Waals surface area contributed by atoms with E-state index in [4.69, 9.17) is 5.11 Å². The summed E-state index contributed by atoms with van der Waals surface area (Å²) in [5, 5.41) is 9.89. The molecule has 2 aromatic rings. The molecule has 0 saturated heterocycles. The number of carboxylic acids is 1. The normalized spacial score (nSPS) is 14.8. The molecule has 1 aromatic carbocycles. The number of carbonyl (C=O) groups is 1. The van der Waals surface area contributed by atoms with Crippen LogP contribution in [-0.4, -0.2) is 34.1 Å². The van der Waals surface area contributed by atoms with Gasteiger partial charge in [-0.05, 0) is 24.6 Å². The van der Waals surface area contributed by atoms with Gasteiger partial charge in [0.15, 0.2) is 0 Å². The minimum Gasteiger partial charge on any atom is -0.478 e. The fraction of sp³-hybridized carbons (Fsp3) is 0.214. The zero-order valence-electron chi connectivity index (χ0n) is 10.3. The van der Waals surface area contributed by atoms with Crippen LogP contribution in [0.3, 0.4) is 0 Å². The fourth-order valence-electron chi connectivity index (χ4n) is 2.26. The zero-order valence-corrected chi connectivity index (χ0v) is 10.3. The first-order chi connectivity index (χ1) is 9.25. The van der Waals surface area contributed by atoms with Crippen LogP contribution in [0, 0.1) is 0 Å². The fourth-order valence-corrected chi connectivity index (χ4v) is 2.26. The number of nitrogens with zero attached hydrogens (tertiary/aromatic N) is 3. The van der Waals surface area contributed by atoms with E-state index in [0.29, 0.717) is 5.52 Å². The van der Waals surface area contributed by atoms with Crippen molar-refractivity contribution in [2.75, 3.05) is 18.0 Å². The lowest BCUT2D eigenvalue weighted by atomic mass is 10.1. The van der Waals surface area contributed by atoms with Gasteiger partial charge >= 0.3 is 5.97 Å². The van der Waals surface area contributed by atoms with Gasteiger partial charge in [-0.2, -0.15) is 0 Å². The molecule has 2 heterocycles. The van der Waals surface area contributed by atoms with Crippen LogP contribution in [0.2, 0.25) is 0 Å². The Bertz CT molecular complexity index is 667. The highest BCUT2D eigenvalue weighted by molar-refractivity contribution is 5.96. The van der Waals surface area contributed by atoms with Crippen LogP contribution in [0.5, 0.6) is 0 Å². The zero-order chi connectivity index (χ0) is 13.2. The Hall–Kier alpha value is -2.43. The van der Waals surface area contributed by atoms with Gasteiger partial charge in [0.2, 0.25) is 0 Å². The Morgan fingerprint density at radius 1 is 1.26 bits per heavy atom. The van der Waals surface area contributed by atoms with Crippen molar-refractivity contribution in [3.63, 3.8) is 0 Å². The highest BCUT2D eigenvalue weighted by Gasteiger charge is 2.14. The molecular weight excluding hydrogens is 242 g/mol. The highest BCUT2D eigenvalue weighted by Crippen LogP contribution is 2.24. The number of benzene rings is 1. The Balaban J connectivity index is 2.10. The van der Waals surface area contributed by atoms with Crippen molar-refractivity contribution in [3.8, 4) is 0 Å². The van der Waals surface area contributed by atoms with E-state index in [2.05, 4.69) is 27.0 Å². The molecular formula is C14H13N3O2. The molecule has 5 heteroatoms. The lowest BCUT2D eigenvalue weighted by Gasteiger charge is -2.25. The number of carboxylic acid groups (broad SMARTS) is 1. The number of anilines is 1. The highest BCUT2D eigenvalue weighted by atomic mass is 16.4. The van der Waals surface area contributed by atoms with E-state index >= 15 is 0 Å². The third kappa shape index (κ3) is 2.14. The summed E-state index contributed by atoms with van der Waals surface area (Å²) in [5.41, 5.74) is 0.912. The van der Waals surface area contributed by atoms with Crippen molar-refractivity contribution in [2.24, 2.45) is 0 Å². The number of fused-ring (bicyclic) bond motifs is 1. The second kappa shape index (κ2) is 4.68. The maximum absolute atomic E-state index is 11.0. The Morgan fingerprint density at radius 2 is 2.16 bits per heavy atom. The summed E-state index contributed by atoms with van der Waals surface area (Å²) < 4.78 is 0. The smallest absolute Gasteiger partial charge is 0.335 e. The number of aromatic carboxylic acids is 1. The molecule has 1 aliphatic heterocycles. The van der Waals surface area contributed by atoms with Gasteiger partial charge in [0.1, 0.15) is 12.1 Å². The molecule has 0 radical (unpaired) electrons. The van der Waals surface area contributed by atoms with E-state index in [0.717, 1.165) is 30.7 Å². The Morgan fingerprint density at radius 3 is 2.89 bits per heavy atom. The monoisotopic (exact) mass is 255 g/mol. The van der Waals surface area contributed by atoms with Gasteiger partial charge in [0, 0.05) is 18.5 Å². The van der Waals surface area contributed by atoms with Gasteiger partial charge in [-0.1, -0.05) is 12.2 Å². The van der Waals surface area contributed by atoms with Gasteiger partial charge < -0.3 is 10.0 Å². The summed E-state index contributed by atoms with van der Waals surface area (Å²) in [7, 11) is 0. The van der Waals surface area contributed by atoms with Gasteiger partial charge in [0.25, 0.3) is 0 Å². The maximum Gasteiger partial charge on any atom is 0.335 e. The second-order valence-electron chi connectivity index (χ2n) is 4.44. The molecule has 0 fully saturated rings. The second-order valence-corrected chi connectivity index (χ2v) is 4.44. The van der Waals surface area contributed by atoms with Gasteiger partial charge in [0.05, 0.1) is 11.1 Å². The lowest BCUT2D eigenvalue weighted by Crippen LogP contribution is -2.27. The standard InChI is InChI=1S/C14H13N3O2/c18-14(19)10-4-5-11-12(8-10)15-9-16-13(11)17-6-2-1-3-7-17/h1-2,4-5,8-9H,3,6-7H2,(H,18,19). The van der Waals surface area contributed by atoms with E-state index in [1.807, 2.05) is 0 Å². The largest absolute Gasteiger partial charge is 0.478 e. The molecule has 0 bridgehead atoms. The first kappa shape index (κ1) is 11.6. The SMILES string of the molecule is O=C(O)c1ccc2c(N3CC=CCC3)ncnc2c1. The topological polar surface area (TPSA) is 66.3 Å². The summed E-state index contributed by atoms with van der Waals surface area (Å²) in [6, 6.07) is 4.96. The third-order valence-electron chi connectivity index (χ3n) is 3.22. The molecule has 1 aliphatic rings. The molecule has 3 rings (SSSR count). The van der Waals surface area contributed by atoms with E-state index in [1.165, 1.54) is 6.33 Å². The minimum atomic E-state index is -0.942. The summed E-state index contributed by atoms with van der Waals surface area (Å²) in [5.74, 6) is -0.0748. The quantitative estimate of drug-likeness (QED) is 0.832. The maximum atomic E-state index is 11.0. The minimum absolute atomic E-state index is 0.246. The van der Waals surface area contributed by atoms with Crippen molar-refractivity contribution in [1.29, 1.82) is 0 Å². The molecule has 0 saturated carbocycles. The van der Waals surface area contributed by atoms with Gasteiger partial charge in [-0.25, -0.2) is 14.8 Å². The van der Waals surface area contributed by atoms with Crippen molar-refractivity contribution >= 4 is 22.7 Å². The first-order valence-corrected chi connectivity index (χ1v) is 6.14. The molecule has 0 amide bonds. The average molecular weight is 255 g/mol. The summed E-state index contributed by atoms with van der Waals surface area (Å²) in [6.45, 7) is 1.75. The molecule has 19 heavy (non-hydrogen) atoms. The molecule has 0 aliphatic carbocycles. The summed E-state index contributed by atoms with van der Waals surface area (Å²) in [6.07, 6.45) is 6.76. The number of hydrogen-bond donors (Lipinski definition) is 1. The van der Waals surface area contributed by atoms with Crippen molar-refractivity contribution in [2.45, 2.75) is 6.42 Å². The van der Waals surface area contributed by atoms with Crippen LogP contribution in [0.15, 0.2) is 36.7 Å². The van der Waals surface area contributed by atoms with Crippen molar-refractivity contribution in [1.82, 2.24) is 9.97 Å². The number of aromatic nitrogens is 2. The average Bonchev–Trinajstić information content (AvgIpc) is 2.47. The van der Waals surface area contributed by atoms with Crippen LogP contribution in [0.1, 0.15) is 16.8 Å². The third-order valence-corrected chi connectivity index (χ3v) is 3.22. The van der Waals surface area contributed by atoms with E-state index in [-0.39, 0.29) is 5.56 Å². The molecule has 0 spiro atoms. The predicted octanol–water partition coefficient (Wildman–Crippen LogP) is 2.09. The van der Waals surface area contributed by atoms with Crippen LogP contribution < -0.4 is 4.90 Å². The van der Waals surface area contributed by atoms with Crippen LogP contribution in [-0.2, 0) is 0 Å². The number of hydrogen-bond acceptors (Lipinski definition) is 4. The van der Waals surface area contributed by atoms with Crippen LogP contribution in [0.4, 0.5) is 5.82 Å². The molecule has 5 nitrogen and oxygen atoms in total. The molecule has 96 valence electrons. The van der Waals surface area contributed by atoms with Crippen LogP contribution in [0.25, 0.3) is 10.9 Å². The molecule has 0 atom stereocenters. The van der Waals surface area contributed by atoms with Crippen molar-refractivity contribution in [3.05, 3.63) is 42.2 Å². The summed E-state index contributed by atoms with van der Waals surface area (Å²) >= 11 is 0. The molecule has 1 N–H and O–H groups in total. The van der Waals surface area contributed by atoms with Crippen LogP contribution >= 0.6 is 0 Å². The van der Waals surface area contributed by atoms with Crippen molar-refractivity contribution < 1.29 is 9.90 Å². The first-order valence-electron chi connectivity index (χ1n) is 6.14. The lowest BCUT2D eigenvalue weighted by molar-refractivity contribution is 0.0697. The Labute approximate surface area is 110 Å². The van der Waals surface area contributed by atoms with E-state index in [9.17, 15) is 4.79 Å². The number of rotatable bonds is 2. The molecule has 0 unspecified atom stereocenters. The van der Waals surface area contributed by atoms with Gasteiger partial charge in [-0.15, -0.1) is 0 Å². The Kier molecular flexibility index (Phi) is 2.87. The van der Waals surface area contributed by atoms with E-state index in [1.54, 1.807) is 18.2 Å². The summed E-state index contributed by atoms with van der Waals surface area (Å²) in [4.78, 5) is 21.6.